The Bertz CT molecular complexity index is 1090. The van der Waals surface area contributed by atoms with Gasteiger partial charge < -0.3 is 14.2 Å². The molecule has 62 heavy (non-hydrogen) atoms. The molecular formula is C56H100O6. The molecule has 0 N–H and O–H groups in total. The highest BCUT2D eigenvalue weighted by Crippen LogP contribution is 2.15. The molecule has 1 unspecified atom stereocenters. The number of carbonyl (C=O) groups excluding carboxylic acids is 3. The van der Waals surface area contributed by atoms with Gasteiger partial charge in [-0.15, -0.1) is 0 Å². The Balaban J connectivity index is 4.45. The molecule has 0 saturated heterocycles. The van der Waals surface area contributed by atoms with E-state index >= 15 is 0 Å². The zero-order chi connectivity index (χ0) is 45.1. The van der Waals surface area contributed by atoms with Crippen molar-refractivity contribution < 1.29 is 28.6 Å². The van der Waals surface area contributed by atoms with Crippen LogP contribution < -0.4 is 0 Å². The second-order valence-corrected chi connectivity index (χ2v) is 17.8. The summed E-state index contributed by atoms with van der Waals surface area (Å²) in [5, 5.41) is 0. The summed E-state index contributed by atoms with van der Waals surface area (Å²) >= 11 is 0. The van der Waals surface area contributed by atoms with Crippen LogP contribution >= 0.6 is 0 Å². The number of hydrogen-bond donors (Lipinski definition) is 0. The van der Waals surface area contributed by atoms with Crippen LogP contribution in [-0.2, 0) is 28.6 Å². The summed E-state index contributed by atoms with van der Waals surface area (Å²) < 4.78 is 16.8. The minimum atomic E-state index is -0.795. The summed E-state index contributed by atoms with van der Waals surface area (Å²) in [4.78, 5) is 38.0. The molecule has 0 aliphatic heterocycles. The second kappa shape index (κ2) is 51.0. The molecule has 1 atom stereocenters. The normalized spacial score (nSPS) is 12.4. The van der Waals surface area contributed by atoms with Crippen molar-refractivity contribution in [2.45, 2.75) is 277 Å². The fourth-order valence-electron chi connectivity index (χ4n) is 7.51. The highest BCUT2D eigenvalue weighted by atomic mass is 16.6. The first kappa shape index (κ1) is 59.4. The van der Waals surface area contributed by atoms with Crippen molar-refractivity contribution in [1.29, 1.82) is 0 Å². The highest BCUT2D eigenvalue weighted by Gasteiger charge is 2.19. The van der Waals surface area contributed by atoms with Crippen molar-refractivity contribution in [1.82, 2.24) is 0 Å². The van der Waals surface area contributed by atoms with Gasteiger partial charge in [0, 0.05) is 19.3 Å². The zero-order valence-electron chi connectivity index (χ0n) is 41.1. The van der Waals surface area contributed by atoms with Gasteiger partial charge in [0.15, 0.2) is 6.10 Å². The number of ether oxygens (including phenoxy) is 3. The summed E-state index contributed by atoms with van der Waals surface area (Å²) in [7, 11) is 0. The molecule has 0 bridgehead atoms. The first-order valence-electron chi connectivity index (χ1n) is 26.6. The monoisotopic (exact) mass is 869 g/mol. The molecule has 0 saturated carbocycles. The van der Waals surface area contributed by atoms with Crippen LogP contribution in [-0.4, -0.2) is 37.2 Å². The quantitative estimate of drug-likeness (QED) is 0.0262. The predicted molar refractivity (Wildman–Crippen MR) is 265 cm³/mol. The number of carbonyl (C=O) groups is 3. The zero-order valence-corrected chi connectivity index (χ0v) is 41.1. The molecule has 0 spiro atoms. The molecule has 0 aliphatic rings. The lowest BCUT2D eigenvalue weighted by Crippen LogP contribution is -2.30. The van der Waals surface area contributed by atoms with Gasteiger partial charge in [-0.1, -0.05) is 223 Å². The van der Waals surface area contributed by atoms with E-state index in [4.69, 9.17) is 14.2 Å². The first-order chi connectivity index (χ1) is 30.5. The van der Waals surface area contributed by atoms with E-state index in [-0.39, 0.29) is 37.5 Å². The van der Waals surface area contributed by atoms with Crippen LogP contribution in [0.15, 0.2) is 48.6 Å². The topological polar surface area (TPSA) is 78.9 Å². The van der Waals surface area contributed by atoms with Gasteiger partial charge in [-0.3, -0.25) is 14.4 Å². The summed E-state index contributed by atoms with van der Waals surface area (Å²) in [6.45, 7) is 6.58. The molecule has 0 fully saturated rings. The largest absolute Gasteiger partial charge is 0.462 e. The van der Waals surface area contributed by atoms with Crippen molar-refractivity contribution in [3.8, 4) is 0 Å². The van der Waals surface area contributed by atoms with Crippen LogP contribution in [0.5, 0.6) is 0 Å². The van der Waals surface area contributed by atoms with Crippen molar-refractivity contribution in [2.24, 2.45) is 0 Å². The minimum Gasteiger partial charge on any atom is -0.462 e. The average molecular weight is 869 g/mol. The third-order valence-electron chi connectivity index (χ3n) is 11.6. The lowest BCUT2D eigenvalue weighted by Gasteiger charge is -2.18. The van der Waals surface area contributed by atoms with Crippen molar-refractivity contribution in [3.05, 3.63) is 48.6 Å². The molecule has 0 aromatic heterocycles. The Hall–Kier alpha value is -2.63. The smallest absolute Gasteiger partial charge is 0.306 e. The summed E-state index contributed by atoms with van der Waals surface area (Å²) in [6, 6.07) is 0. The van der Waals surface area contributed by atoms with Gasteiger partial charge in [-0.05, 0) is 77.0 Å². The van der Waals surface area contributed by atoms with Crippen molar-refractivity contribution in [3.63, 3.8) is 0 Å². The summed E-state index contributed by atoms with van der Waals surface area (Å²) in [6.07, 6.45) is 61.0. The summed E-state index contributed by atoms with van der Waals surface area (Å²) in [5.41, 5.74) is 0. The Morgan fingerprint density at radius 3 is 1.00 bits per heavy atom. The maximum Gasteiger partial charge on any atom is 0.306 e. The first-order valence-corrected chi connectivity index (χ1v) is 26.6. The Kier molecular flexibility index (Phi) is 48.8. The van der Waals surface area contributed by atoms with E-state index in [1.165, 1.54) is 154 Å². The standard InChI is InChI=1S/C56H100O6/c1-4-7-10-13-16-19-22-25-27-28-29-32-34-37-40-43-46-49-55(58)61-52-53(51-60-54(57)48-45-42-39-36-33-30-24-21-18-15-12-9-6-3)62-56(59)50-47-44-41-38-35-31-26-23-20-17-14-11-8-5-2/h25,27,29-30,32-33,37,40,53H,4-24,26,28,31,34-36,38-39,41-52H2,1-3H3/b27-25-,32-29-,33-30-,40-37-. The fraction of sp³-hybridized carbons (Fsp3) is 0.804. The number of unbranched alkanes of at least 4 members (excludes halogenated alkanes) is 29. The van der Waals surface area contributed by atoms with E-state index in [9.17, 15) is 14.4 Å². The maximum absolute atomic E-state index is 12.8. The molecule has 0 heterocycles. The molecule has 6 heteroatoms. The second-order valence-electron chi connectivity index (χ2n) is 17.8. The Labute approximate surface area is 384 Å². The molecule has 0 aromatic rings. The highest BCUT2D eigenvalue weighted by molar-refractivity contribution is 5.71. The van der Waals surface area contributed by atoms with Gasteiger partial charge in [0.2, 0.25) is 0 Å². The van der Waals surface area contributed by atoms with Crippen LogP contribution in [0.25, 0.3) is 0 Å². The molecule has 6 nitrogen and oxygen atoms in total. The third-order valence-corrected chi connectivity index (χ3v) is 11.6. The van der Waals surface area contributed by atoms with Gasteiger partial charge >= 0.3 is 17.9 Å². The number of esters is 3. The van der Waals surface area contributed by atoms with Crippen LogP contribution in [0.2, 0.25) is 0 Å². The molecular weight excluding hydrogens is 769 g/mol. The number of allylic oxidation sites excluding steroid dienone is 8. The van der Waals surface area contributed by atoms with Crippen LogP contribution in [0, 0.1) is 0 Å². The van der Waals surface area contributed by atoms with E-state index in [1.807, 2.05) is 0 Å². The van der Waals surface area contributed by atoms with Gasteiger partial charge in [-0.25, -0.2) is 0 Å². The van der Waals surface area contributed by atoms with E-state index in [1.54, 1.807) is 0 Å². The molecule has 0 radical (unpaired) electrons. The minimum absolute atomic E-state index is 0.0943. The van der Waals surface area contributed by atoms with Gasteiger partial charge in [0.25, 0.3) is 0 Å². The molecule has 0 aromatic carbocycles. The van der Waals surface area contributed by atoms with Gasteiger partial charge in [0.05, 0.1) is 0 Å². The lowest BCUT2D eigenvalue weighted by molar-refractivity contribution is -0.167. The fourth-order valence-corrected chi connectivity index (χ4v) is 7.51. The van der Waals surface area contributed by atoms with Gasteiger partial charge in [-0.2, -0.15) is 0 Å². The predicted octanol–water partition coefficient (Wildman–Crippen LogP) is 17.5. The molecule has 0 amide bonds. The van der Waals surface area contributed by atoms with E-state index < -0.39 is 6.10 Å². The third kappa shape index (κ3) is 48.4. The van der Waals surface area contributed by atoms with Gasteiger partial charge in [0.1, 0.15) is 13.2 Å². The van der Waals surface area contributed by atoms with Crippen LogP contribution in [0.3, 0.4) is 0 Å². The maximum atomic E-state index is 12.8. The number of hydrogen-bond acceptors (Lipinski definition) is 6. The van der Waals surface area contributed by atoms with Crippen LogP contribution in [0.1, 0.15) is 271 Å². The average Bonchev–Trinajstić information content (AvgIpc) is 3.27. The lowest BCUT2D eigenvalue weighted by atomic mass is 10.0. The van der Waals surface area contributed by atoms with E-state index in [0.29, 0.717) is 19.3 Å². The summed E-state index contributed by atoms with van der Waals surface area (Å²) in [5.74, 6) is -0.954. The molecule has 0 aliphatic carbocycles. The Morgan fingerprint density at radius 2 is 0.597 bits per heavy atom. The van der Waals surface area contributed by atoms with E-state index in [0.717, 1.165) is 70.6 Å². The van der Waals surface area contributed by atoms with E-state index in [2.05, 4.69) is 69.4 Å². The van der Waals surface area contributed by atoms with Crippen molar-refractivity contribution >= 4 is 17.9 Å². The molecule has 360 valence electrons. The Morgan fingerprint density at radius 1 is 0.323 bits per heavy atom. The SMILES string of the molecule is CCCCCCCC/C=C\C/C=C\C/C=C\CCCC(=O)OCC(COC(=O)CCCCC/C=C\CCCCCCCC)OC(=O)CCCCCCCCCCCCCCCC. The molecule has 0 rings (SSSR count). The number of rotatable bonds is 48. The van der Waals surface area contributed by atoms with Crippen LogP contribution in [0.4, 0.5) is 0 Å². The van der Waals surface area contributed by atoms with Crippen molar-refractivity contribution in [2.75, 3.05) is 13.2 Å².